The van der Waals surface area contributed by atoms with Gasteiger partial charge in [0.05, 0.1) is 4.92 Å². The maximum atomic E-state index is 10.9. The van der Waals surface area contributed by atoms with Crippen molar-refractivity contribution in [2.24, 2.45) is 5.41 Å². The summed E-state index contributed by atoms with van der Waals surface area (Å²) < 4.78 is 0. The minimum atomic E-state index is -1.29. The molecule has 0 radical (unpaired) electrons. The smallest absolute Gasteiger partial charge is 0.342 e. The summed E-state index contributed by atoms with van der Waals surface area (Å²) in [5.41, 5.74) is -0.00932. The molecule has 0 spiro atoms. The Morgan fingerprint density at radius 3 is 2.42 bits per heavy atom. The lowest BCUT2D eigenvalue weighted by Crippen LogP contribution is -2.29. The lowest BCUT2D eigenvalue weighted by Gasteiger charge is -2.28. The Morgan fingerprint density at radius 2 is 2.00 bits per heavy atom. The van der Waals surface area contributed by atoms with Crippen LogP contribution in [0.1, 0.15) is 31.1 Å². The Balaban J connectivity index is 3.15. The molecule has 0 unspecified atom stereocenters. The highest BCUT2D eigenvalue weighted by Gasteiger charge is 2.22. The lowest BCUT2D eigenvalue weighted by atomic mass is 9.96. The van der Waals surface area contributed by atoms with E-state index in [1.807, 2.05) is 11.9 Å². The topological polar surface area (TPSA) is 83.7 Å². The fourth-order valence-corrected chi connectivity index (χ4v) is 1.89. The first-order chi connectivity index (χ1) is 8.61. The van der Waals surface area contributed by atoms with Gasteiger partial charge in [0.15, 0.2) is 0 Å². The zero-order chi connectivity index (χ0) is 14.8. The van der Waals surface area contributed by atoms with E-state index in [1.54, 1.807) is 6.07 Å². The summed E-state index contributed by atoms with van der Waals surface area (Å²) in [6.45, 7) is 6.88. The van der Waals surface area contributed by atoms with Gasteiger partial charge in [-0.1, -0.05) is 20.8 Å². The number of carboxylic acids is 1. The Kier molecular flexibility index (Phi) is 4.14. The van der Waals surface area contributed by atoms with Gasteiger partial charge in [-0.2, -0.15) is 0 Å². The molecule has 1 aromatic carbocycles. The second-order valence-corrected chi connectivity index (χ2v) is 5.68. The molecule has 0 atom stereocenters. The molecule has 0 bridgehead atoms. The van der Waals surface area contributed by atoms with Gasteiger partial charge in [0.25, 0.3) is 5.69 Å². The third-order valence-corrected chi connectivity index (χ3v) is 2.56. The van der Waals surface area contributed by atoms with Crippen LogP contribution < -0.4 is 4.90 Å². The Bertz CT molecular complexity index is 506. The van der Waals surface area contributed by atoms with Gasteiger partial charge in [-0.05, 0) is 17.5 Å². The number of anilines is 1. The van der Waals surface area contributed by atoms with E-state index in [2.05, 4.69) is 20.8 Å². The molecule has 104 valence electrons. The Labute approximate surface area is 111 Å². The molecule has 1 N–H and O–H groups in total. The first kappa shape index (κ1) is 14.9. The fourth-order valence-electron chi connectivity index (χ4n) is 1.89. The van der Waals surface area contributed by atoms with Gasteiger partial charge in [-0.3, -0.25) is 10.1 Å². The molecule has 0 aliphatic rings. The van der Waals surface area contributed by atoms with Crippen molar-refractivity contribution in [3.8, 4) is 0 Å². The standard InChI is InChI=1S/C13H18N2O4/c1-13(2,3)8-14(4)9-5-6-10(12(16)17)11(7-9)15(18)19/h5-7H,8H2,1-4H3,(H,16,17). The van der Waals surface area contributed by atoms with Crippen molar-refractivity contribution in [2.75, 3.05) is 18.5 Å². The van der Waals surface area contributed by atoms with Crippen LogP contribution >= 0.6 is 0 Å². The molecule has 0 saturated heterocycles. The summed E-state index contributed by atoms with van der Waals surface area (Å²) in [5.74, 6) is -1.29. The highest BCUT2D eigenvalue weighted by molar-refractivity contribution is 5.93. The monoisotopic (exact) mass is 266 g/mol. The number of carboxylic acid groups (broad SMARTS) is 1. The fraction of sp³-hybridized carbons (Fsp3) is 0.462. The number of carbonyl (C=O) groups is 1. The van der Waals surface area contributed by atoms with E-state index in [4.69, 9.17) is 5.11 Å². The van der Waals surface area contributed by atoms with Crippen molar-refractivity contribution in [1.82, 2.24) is 0 Å². The number of nitro groups is 1. The summed E-state index contributed by atoms with van der Waals surface area (Å²) in [6, 6.07) is 4.16. The largest absolute Gasteiger partial charge is 0.477 e. The SMILES string of the molecule is CN(CC(C)(C)C)c1ccc(C(=O)O)c([N+](=O)[O-])c1. The van der Waals surface area contributed by atoms with Gasteiger partial charge in [0, 0.05) is 25.3 Å². The molecule has 19 heavy (non-hydrogen) atoms. The summed E-state index contributed by atoms with van der Waals surface area (Å²) in [5, 5.41) is 19.8. The highest BCUT2D eigenvalue weighted by atomic mass is 16.6. The summed E-state index contributed by atoms with van der Waals surface area (Å²) in [4.78, 5) is 23.0. The zero-order valence-electron chi connectivity index (χ0n) is 11.5. The molecule has 0 saturated carbocycles. The van der Waals surface area contributed by atoms with Crippen LogP contribution in [0.3, 0.4) is 0 Å². The number of aromatic carboxylic acids is 1. The first-order valence-corrected chi connectivity index (χ1v) is 5.85. The van der Waals surface area contributed by atoms with Crippen LogP contribution in [0.4, 0.5) is 11.4 Å². The van der Waals surface area contributed by atoms with Gasteiger partial charge in [0.2, 0.25) is 0 Å². The van der Waals surface area contributed by atoms with Crippen LogP contribution in [0, 0.1) is 15.5 Å². The van der Waals surface area contributed by atoms with Gasteiger partial charge >= 0.3 is 5.97 Å². The number of rotatable bonds is 4. The van der Waals surface area contributed by atoms with Crippen LogP contribution in [-0.4, -0.2) is 29.6 Å². The average molecular weight is 266 g/mol. The van der Waals surface area contributed by atoms with Gasteiger partial charge in [-0.25, -0.2) is 4.79 Å². The number of hydrogen-bond donors (Lipinski definition) is 1. The van der Waals surface area contributed by atoms with E-state index >= 15 is 0 Å². The molecule has 0 aliphatic carbocycles. The Morgan fingerprint density at radius 1 is 1.42 bits per heavy atom. The highest BCUT2D eigenvalue weighted by Crippen LogP contribution is 2.27. The van der Waals surface area contributed by atoms with E-state index in [9.17, 15) is 14.9 Å². The van der Waals surface area contributed by atoms with Crippen molar-refractivity contribution in [3.63, 3.8) is 0 Å². The second kappa shape index (κ2) is 5.26. The summed E-state index contributed by atoms with van der Waals surface area (Å²) in [7, 11) is 1.82. The first-order valence-electron chi connectivity index (χ1n) is 5.85. The quantitative estimate of drug-likeness (QED) is 0.669. The Hall–Kier alpha value is -2.11. The van der Waals surface area contributed by atoms with Crippen molar-refractivity contribution in [2.45, 2.75) is 20.8 Å². The van der Waals surface area contributed by atoms with Gasteiger partial charge in [0.1, 0.15) is 5.56 Å². The molecule has 0 amide bonds. The maximum Gasteiger partial charge on any atom is 0.342 e. The van der Waals surface area contributed by atoms with E-state index < -0.39 is 10.9 Å². The van der Waals surface area contributed by atoms with Crippen molar-refractivity contribution < 1.29 is 14.8 Å². The van der Waals surface area contributed by atoms with E-state index in [1.165, 1.54) is 12.1 Å². The maximum absolute atomic E-state index is 10.9. The third-order valence-electron chi connectivity index (χ3n) is 2.56. The normalized spacial score (nSPS) is 11.2. The minimum absolute atomic E-state index is 0.0367. The van der Waals surface area contributed by atoms with Gasteiger partial charge < -0.3 is 10.0 Å². The second-order valence-electron chi connectivity index (χ2n) is 5.68. The molecular formula is C13H18N2O4. The molecule has 0 aliphatic heterocycles. The predicted molar refractivity (Wildman–Crippen MR) is 72.8 cm³/mol. The van der Waals surface area contributed by atoms with Crippen molar-refractivity contribution >= 4 is 17.3 Å². The molecule has 0 heterocycles. The summed E-state index contributed by atoms with van der Waals surface area (Å²) in [6.07, 6.45) is 0. The van der Waals surface area contributed by atoms with Crippen molar-refractivity contribution in [3.05, 3.63) is 33.9 Å². The molecular weight excluding hydrogens is 248 g/mol. The predicted octanol–water partition coefficient (Wildman–Crippen LogP) is 2.78. The number of hydrogen-bond acceptors (Lipinski definition) is 4. The molecule has 0 fully saturated rings. The molecule has 1 rings (SSSR count). The average Bonchev–Trinajstić information content (AvgIpc) is 2.25. The molecule has 1 aromatic rings. The van der Waals surface area contributed by atoms with Crippen LogP contribution in [0.25, 0.3) is 0 Å². The molecule has 6 nitrogen and oxygen atoms in total. The molecule has 0 aromatic heterocycles. The third kappa shape index (κ3) is 3.94. The van der Waals surface area contributed by atoms with Crippen LogP contribution in [0.15, 0.2) is 18.2 Å². The number of nitrogens with zero attached hydrogens (tertiary/aromatic N) is 2. The van der Waals surface area contributed by atoms with Crippen LogP contribution in [0.5, 0.6) is 0 Å². The van der Waals surface area contributed by atoms with Crippen LogP contribution in [-0.2, 0) is 0 Å². The molecule has 6 heteroatoms. The number of benzene rings is 1. The summed E-state index contributed by atoms with van der Waals surface area (Å²) >= 11 is 0. The van der Waals surface area contributed by atoms with E-state index in [-0.39, 0.29) is 16.7 Å². The zero-order valence-corrected chi connectivity index (χ0v) is 11.5. The van der Waals surface area contributed by atoms with Crippen LogP contribution in [0.2, 0.25) is 0 Å². The number of nitro benzene ring substituents is 1. The lowest BCUT2D eigenvalue weighted by molar-refractivity contribution is -0.385. The van der Waals surface area contributed by atoms with Crippen molar-refractivity contribution in [1.29, 1.82) is 0 Å². The minimum Gasteiger partial charge on any atom is -0.477 e. The van der Waals surface area contributed by atoms with Gasteiger partial charge in [-0.15, -0.1) is 0 Å². The van der Waals surface area contributed by atoms with E-state index in [0.29, 0.717) is 12.2 Å². The van der Waals surface area contributed by atoms with E-state index in [0.717, 1.165) is 0 Å².